The van der Waals surface area contributed by atoms with Crippen molar-refractivity contribution < 1.29 is 14.0 Å². The number of halogens is 1. The Hall–Kier alpha value is -2.60. The maximum atomic E-state index is 12.7. The van der Waals surface area contributed by atoms with E-state index in [1.54, 1.807) is 6.07 Å². The van der Waals surface area contributed by atoms with Gasteiger partial charge in [-0.15, -0.1) is 0 Å². The highest BCUT2D eigenvalue weighted by atomic mass is 79.9. The molecule has 4 rings (SSSR count). The fourth-order valence-electron chi connectivity index (χ4n) is 3.49. The minimum absolute atomic E-state index is 0.0655. The number of rotatable bonds is 4. The van der Waals surface area contributed by atoms with Gasteiger partial charge in [0.1, 0.15) is 5.58 Å². The van der Waals surface area contributed by atoms with E-state index in [1.165, 1.54) is 6.42 Å². The van der Waals surface area contributed by atoms with E-state index in [0.29, 0.717) is 17.7 Å². The number of hydrogen-bond acceptors (Lipinski definition) is 3. The highest BCUT2D eigenvalue weighted by Crippen LogP contribution is 2.23. The molecule has 0 atom stereocenters. The van der Waals surface area contributed by atoms with Crippen LogP contribution in [0.2, 0.25) is 0 Å². The molecule has 2 aromatic carbocycles. The number of benzene rings is 2. The van der Waals surface area contributed by atoms with Crippen molar-refractivity contribution in [3.8, 4) is 0 Å². The molecule has 0 spiro atoms. The number of nitrogens with one attached hydrogen (secondary N) is 1. The first kappa shape index (κ1) is 18.7. The smallest absolute Gasteiger partial charge is 0.287 e. The average molecular weight is 441 g/mol. The van der Waals surface area contributed by atoms with Crippen LogP contribution >= 0.6 is 15.9 Å². The first-order valence-electron chi connectivity index (χ1n) is 9.46. The number of amides is 2. The van der Waals surface area contributed by atoms with Crippen molar-refractivity contribution in [2.75, 3.05) is 13.1 Å². The molecule has 1 N–H and O–H groups in total. The van der Waals surface area contributed by atoms with Crippen molar-refractivity contribution in [2.24, 2.45) is 0 Å². The molecule has 28 heavy (non-hydrogen) atoms. The zero-order valence-electron chi connectivity index (χ0n) is 15.4. The number of hydrogen-bond donors (Lipinski definition) is 1. The second-order valence-electron chi connectivity index (χ2n) is 7.03. The molecule has 1 aliphatic heterocycles. The molecule has 144 valence electrons. The maximum Gasteiger partial charge on any atom is 0.287 e. The van der Waals surface area contributed by atoms with Gasteiger partial charge in [0.05, 0.1) is 0 Å². The summed E-state index contributed by atoms with van der Waals surface area (Å²) >= 11 is 3.41. The van der Waals surface area contributed by atoms with Crippen LogP contribution in [0.5, 0.6) is 0 Å². The summed E-state index contributed by atoms with van der Waals surface area (Å²) in [6.45, 7) is 1.98. The van der Waals surface area contributed by atoms with Gasteiger partial charge < -0.3 is 14.6 Å². The lowest BCUT2D eigenvalue weighted by Crippen LogP contribution is -2.35. The Kier molecular flexibility index (Phi) is 5.48. The third-order valence-corrected chi connectivity index (χ3v) is 5.47. The summed E-state index contributed by atoms with van der Waals surface area (Å²) in [5, 5.41) is 3.74. The van der Waals surface area contributed by atoms with Gasteiger partial charge in [0.2, 0.25) is 0 Å². The largest absolute Gasteiger partial charge is 0.451 e. The Morgan fingerprint density at radius 3 is 2.68 bits per heavy atom. The molecule has 5 nitrogen and oxygen atoms in total. The van der Waals surface area contributed by atoms with Gasteiger partial charge in [0.25, 0.3) is 11.8 Å². The molecule has 0 radical (unpaired) electrons. The van der Waals surface area contributed by atoms with Crippen molar-refractivity contribution in [2.45, 2.75) is 25.8 Å². The van der Waals surface area contributed by atoms with Crippen LogP contribution in [0, 0.1) is 0 Å². The third-order valence-electron chi connectivity index (χ3n) is 4.97. The molecule has 2 heterocycles. The zero-order valence-corrected chi connectivity index (χ0v) is 17.0. The minimum atomic E-state index is -0.278. The van der Waals surface area contributed by atoms with Gasteiger partial charge in [-0.05, 0) is 61.2 Å². The topological polar surface area (TPSA) is 62.6 Å². The summed E-state index contributed by atoms with van der Waals surface area (Å²) < 4.78 is 6.55. The van der Waals surface area contributed by atoms with E-state index in [-0.39, 0.29) is 17.6 Å². The SMILES string of the molecule is O=C(NCc1cccc(C(=O)N2CCCCC2)c1)c1cc2cc(Br)ccc2o1. The van der Waals surface area contributed by atoms with Crippen LogP contribution in [0.25, 0.3) is 11.0 Å². The molecule has 6 heteroatoms. The average Bonchev–Trinajstić information content (AvgIpc) is 3.15. The Morgan fingerprint density at radius 2 is 1.86 bits per heavy atom. The van der Waals surface area contributed by atoms with Crippen LogP contribution in [0.15, 0.2) is 57.4 Å². The van der Waals surface area contributed by atoms with Crippen LogP contribution in [0.4, 0.5) is 0 Å². The minimum Gasteiger partial charge on any atom is -0.451 e. The first-order valence-corrected chi connectivity index (χ1v) is 10.2. The van der Waals surface area contributed by atoms with E-state index >= 15 is 0 Å². The van der Waals surface area contributed by atoms with Gasteiger partial charge in [0.15, 0.2) is 5.76 Å². The van der Waals surface area contributed by atoms with Crippen LogP contribution in [-0.2, 0) is 6.54 Å². The van der Waals surface area contributed by atoms with Gasteiger partial charge in [0, 0.05) is 35.1 Å². The monoisotopic (exact) mass is 440 g/mol. The van der Waals surface area contributed by atoms with Gasteiger partial charge in [-0.2, -0.15) is 0 Å². The molecule has 1 saturated heterocycles. The van der Waals surface area contributed by atoms with Crippen molar-refractivity contribution in [1.82, 2.24) is 10.2 Å². The van der Waals surface area contributed by atoms with Crippen LogP contribution in [-0.4, -0.2) is 29.8 Å². The van der Waals surface area contributed by atoms with E-state index in [9.17, 15) is 9.59 Å². The molecule has 0 saturated carbocycles. The van der Waals surface area contributed by atoms with Gasteiger partial charge in [-0.3, -0.25) is 9.59 Å². The number of piperidine rings is 1. The second kappa shape index (κ2) is 8.19. The fraction of sp³-hybridized carbons (Fsp3) is 0.273. The van der Waals surface area contributed by atoms with E-state index in [0.717, 1.165) is 41.4 Å². The number of carbonyl (C=O) groups is 2. The predicted octanol–water partition coefficient (Wildman–Crippen LogP) is 4.75. The first-order chi connectivity index (χ1) is 13.6. The Morgan fingerprint density at radius 1 is 1.04 bits per heavy atom. The number of furan rings is 1. The van der Waals surface area contributed by atoms with Gasteiger partial charge in [-0.25, -0.2) is 0 Å². The summed E-state index contributed by atoms with van der Waals surface area (Å²) in [5.74, 6) is 0.0597. The van der Waals surface area contributed by atoms with Crippen molar-refractivity contribution in [3.05, 3.63) is 69.9 Å². The normalized spacial score (nSPS) is 14.2. The number of fused-ring (bicyclic) bond motifs is 1. The Bertz CT molecular complexity index is 1020. The van der Waals surface area contributed by atoms with Gasteiger partial charge >= 0.3 is 0 Å². The van der Waals surface area contributed by atoms with Gasteiger partial charge in [-0.1, -0.05) is 28.1 Å². The Labute approximate surface area is 171 Å². The third kappa shape index (κ3) is 4.12. The molecule has 1 aromatic heterocycles. The van der Waals surface area contributed by atoms with Crippen LogP contribution in [0.3, 0.4) is 0 Å². The Balaban J connectivity index is 1.42. The quantitative estimate of drug-likeness (QED) is 0.636. The van der Waals surface area contributed by atoms with Crippen LogP contribution < -0.4 is 5.32 Å². The molecule has 1 aliphatic rings. The van der Waals surface area contributed by atoms with Crippen molar-refractivity contribution in [3.63, 3.8) is 0 Å². The number of nitrogens with zero attached hydrogens (tertiary/aromatic N) is 1. The second-order valence-corrected chi connectivity index (χ2v) is 7.94. The molecule has 0 bridgehead atoms. The zero-order chi connectivity index (χ0) is 19.5. The summed E-state index contributed by atoms with van der Waals surface area (Å²) in [6.07, 6.45) is 3.32. The molecular weight excluding hydrogens is 420 g/mol. The summed E-state index contributed by atoms with van der Waals surface area (Å²) in [6, 6.07) is 14.8. The van der Waals surface area contributed by atoms with Crippen molar-refractivity contribution in [1.29, 1.82) is 0 Å². The lowest BCUT2D eigenvalue weighted by atomic mass is 10.1. The molecule has 2 amide bonds. The summed E-state index contributed by atoms with van der Waals surface area (Å²) in [4.78, 5) is 27.0. The molecule has 0 aliphatic carbocycles. The lowest BCUT2D eigenvalue weighted by molar-refractivity contribution is 0.0724. The van der Waals surface area contributed by atoms with E-state index in [1.807, 2.05) is 47.4 Å². The van der Waals surface area contributed by atoms with Crippen LogP contribution in [0.1, 0.15) is 45.7 Å². The lowest BCUT2D eigenvalue weighted by Gasteiger charge is -2.26. The summed E-state index contributed by atoms with van der Waals surface area (Å²) in [7, 11) is 0. The van der Waals surface area contributed by atoms with E-state index in [2.05, 4.69) is 21.2 Å². The standard InChI is InChI=1S/C22H21BrN2O3/c23-18-7-8-19-17(12-18)13-20(28-19)21(26)24-14-15-5-4-6-16(11-15)22(27)25-9-2-1-3-10-25/h4-8,11-13H,1-3,9-10,14H2,(H,24,26). The molecular formula is C22H21BrN2O3. The number of likely N-dealkylation sites (tertiary alicyclic amines) is 1. The van der Waals surface area contributed by atoms with E-state index < -0.39 is 0 Å². The molecule has 0 unspecified atom stereocenters. The number of carbonyl (C=O) groups excluding carboxylic acids is 2. The molecule has 3 aromatic rings. The van der Waals surface area contributed by atoms with E-state index in [4.69, 9.17) is 4.42 Å². The fourth-order valence-corrected chi connectivity index (χ4v) is 3.87. The maximum absolute atomic E-state index is 12.7. The highest BCUT2D eigenvalue weighted by molar-refractivity contribution is 9.10. The predicted molar refractivity (Wildman–Crippen MR) is 111 cm³/mol. The highest BCUT2D eigenvalue weighted by Gasteiger charge is 2.18. The van der Waals surface area contributed by atoms with Crippen molar-refractivity contribution >= 4 is 38.7 Å². The molecule has 1 fully saturated rings. The summed E-state index contributed by atoms with van der Waals surface area (Å²) in [5.41, 5.74) is 2.22.